The van der Waals surface area contributed by atoms with Gasteiger partial charge in [-0.1, -0.05) is 0 Å². The van der Waals surface area contributed by atoms with E-state index in [1.165, 1.54) is 0 Å². The summed E-state index contributed by atoms with van der Waals surface area (Å²) < 4.78 is 36.6. The van der Waals surface area contributed by atoms with Crippen molar-refractivity contribution in [1.29, 1.82) is 0 Å². The Morgan fingerprint density at radius 3 is 2.54 bits per heavy atom. The van der Waals surface area contributed by atoms with Gasteiger partial charge in [0.1, 0.15) is 5.69 Å². The van der Waals surface area contributed by atoms with Gasteiger partial charge in [-0.25, -0.2) is 13.8 Å². The van der Waals surface area contributed by atoms with Crippen LogP contribution in [0.3, 0.4) is 0 Å². The molecule has 6 heteroatoms. The quantitative estimate of drug-likeness (QED) is 0.553. The van der Waals surface area contributed by atoms with E-state index in [-0.39, 0.29) is 0 Å². The maximum atomic E-state index is 12.4. The standard InChI is InChI=1S/C7H3ClF3NO/c8-6(13)3-1-2-4(9)12-5(3)7(10)11/h1-2,7H. The molecular weight excluding hydrogens is 207 g/mol. The summed E-state index contributed by atoms with van der Waals surface area (Å²) in [5, 5.41) is -1.08. The van der Waals surface area contributed by atoms with Crippen LogP contribution in [0.2, 0.25) is 0 Å². The Labute approximate surface area is 76.3 Å². The number of carbonyl (C=O) groups excluding carboxylic acids is 1. The highest BCUT2D eigenvalue weighted by atomic mass is 35.5. The number of aromatic nitrogens is 1. The predicted octanol–water partition coefficient (Wildman–Crippen LogP) is 2.54. The molecule has 1 aromatic rings. The topological polar surface area (TPSA) is 30.0 Å². The minimum Gasteiger partial charge on any atom is -0.276 e. The van der Waals surface area contributed by atoms with Crippen molar-refractivity contribution in [2.24, 2.45) is 0 Å². The number of halogens is 4. The zero-order chi connectivity index (χ0) is 10.0. The Kier molecular flexibility index (Phi) is 2.87. The third kappa shape index (κ3) is 2.18. The molecule has 0 radical (unpaired) electrons. The van der Waals surface area contributed by atoms with Gasteiger partial charge in [-0.15, -0.1) is 0 Å². The minimum atomic E-state index is -3.02. The lowest BCUT2D eigenvalue weighted by molar-refractivity contribution is 0.106. The van der Waals surface area contributed by atoms with Gasteiger partial charge in [-0.2, -0.15) is 4.39 Å². The fourth-order valence-electron chi connectivity index (χ4n) is 0.783. The van der Waals surface area contributed by atoms with E-state index in [1.54, 1.807) is 0 Å². The number of hydrogen-bond donors (Lipinski definition) is 0. The lowest BCUT2D eigenvalue weighted by Crippen LogP contribution is -2.02. The maximum absolute atomic E-state index is 12.4. The number of carbonyl (C=O) groups is 1. The predicted molar refractivity (Wildman–Crippen MR) is 39.3 cm³/mol. The first-order valence-corrected chi connectivity index (χ1v) is 3.54. The lowest BCUT2D eigenvalue weighted by atomic mass is 10.2. The average Bonchev–Trinajstić information content (AvgIpc) is 2.03. The molecule has 0 unspecified atom stereocenters. The van der Waals surface area contributed by atoms with Gasteiger partial charge in [0.2, 0.25) is 5.95 Å². The molecule has 0 fully saturated rings. The van der Waals surface area contributed by atoms with E-state index in [0.29, 0.717) is 0 Å². The van der Waals surface area contributed by atoms with E-state index >= 15 is 0 Å². The largest absolute Gasteiger partial charge is 0.281 e. The molecule has 0 aromatic carbocycles. The molecule has 0 atom stereocenters. The molecule has 2 nitrogen and oxygen atoms in total. The summed E-state index contributed by atoms with van der Waals surface area (Å²) in [6.45, 7) is 0. The van der Waals surface area contributed by atoms with Gasteiger partial charge in [0.15, 0.2) is 0 Å². The first kappa shape index (κ1) is 9.98. The molecule has 0 N–H and O–H groups in total. The first-order chi connectivity index (χ1) is 6.02. The van der Waals surface area contributed by atoms with E-state index in [1.807, 2.05) is 0 Å². The molecule has 13 heavy (non-hydrogen) atoms. The third-order valence-corrected chi connectivity index (χ3v) is 1.51. The van der Waals surface area contributed by atoms with Gasteiger partial charge in [0, 0.05) is 0 Å². The second-order valence-electron chi connectivity index (χ2n) is 2.14. The van der Waals surface area contributed by atoms with Crippen LogP contribution in [0.1, 0.15) is 22.5 Å². The number of hydrogen-bond acceptors (Lipinski definition) is 2. The molecule has 0 aliphatic carbocycles. The Morgan fingerprint density at radius 2 is 2.08 bits per heavy atom. The van der Waals surface area contributed by atoms with Crippen LogP contribution in [0, 0.1) is 5.95 Å². The zero-order valence-corrected chi connectivity index (χ0v) is 6.86. The molecule has 0 aliphatic rings. The molecule has 1 rings (SSSR count). The number of pyridine rings is 1. The monoisotopic (exact) mass is 209 g/mol. The van der Waals surface area contributed by atoms with Crippen molar-refractivity contribution >= 4 is 16.8 Å². The summed E-state index contributed by atoms with van der Waals surface area (Å²) in [6, 6.07) is 1.67. The average molecular weight is 210 g/mol. The molecule has 0 spiro atoms. The SMILES string of the molecule is O=C(Cl)c1ccc(F)nc1C(F)F. The molecule has 0 saturated carbocycles. The highest BCUT2D eigenvalue weighted by Gasteiger charge is 2.19. The zero-order valence-electron chi connectivity index (χ0n) is 6.10. The third-order valence-electron chi connectivity index (χ3n) is 1.31. The fraction of sp³-hybridized carbons (Fsp3) is 0.143. The first-order valence-electron chi connectivity index (χ1n) is 3.17. The van der Waals surface area contributed by atoms with Crippen LogP contribution in [-0.2, 0) is 0 Å². The van der Waals surface area contributed by atoms with Crippen LogP contribution in [-0.4, -0.2) is 10.2 Å². The van der Waals surface area contributed by atoms with E-state index < -0.39 is 28.9 Å². The summed E-state index contributed by atoms with van der Waals surface area (Å²) >= 11 is 4.97. The highest BCUT2D eigenvalue weighted by molar-refractivity contribution is 6.67. The lowest BCUT2D eigenvalue weighted by Gasteiger charge is -2.02. The summed E-state index contributed by atoms with van der Waals surface area (Å²) in [5.41, 5.74) is -1.40. The summed E-state index contributed by atoms with van der Waals surface area (Å²) in [4.78, 5) is 13.4. The van der Waals surface area contributed by atoms with Crippen molar-refractivity contribution < 1.29 is 18.0 Å². The van der Waals surface area contributed by atoms with Gasteiger partial charge in [0.05, 0.1) is 5.56 Å². The van der Waals surface area contributed by atoms with Crippen molar-refractivity contribution in [2.45, 2.75) is 6.43 Å². The smallest absolute Gasteiger partial charge is 0.276 e. The Hall–Kier alpha value is -1.10. The molecule has 0 aliphatic heterocycles. The fourth-order valence-corrected chi connectivity index (χ4v) is 0.942. The second kappa shape index (κ2) is 3.74. The van der Waals surface area contributed by atoms with Gasteiger partial charge >= 0.3 is 0 Å². The van der Waals surface area contributed by atoms with Crippen molar-refractivity contribution in [1.82, 2.24) is 4.98 Å². The molecule has 0 bridgehead atoms. The highest BCUT2D eigenvalue weighted by Crippen LogP contribution is 2.22. The molecule has 0 amide bonds. The number of alkyl halides is 2. The maximum Gasteiger partial charge on any atom is 0.281 e. The Morgan fingerprint density at radius 1 is 1.46 bits per heavy atom. The van der Waals surface area contributed by atoms with Crippen LogP contribution in [0.4, 0.5) is 13.2 Å². The van der Waals surface area contributed by atoms with E-state index in [9.17, 15) is 18.0 Å². The summed E-state index contributed by atoms with van der Waals surface area (Å²) in [5.74, 6) is -1.07. The number of rotatable bonds is 2. The van der Waals surface area contributed by atoms with Crippen LogP contribution >= 0.6 is 11.6 Å². The van der Waals surface area contributed by atoms with Crippen LogP contribution in [0.25, 0.3) is 0 Å². The van der Waals surface area contributed by atoms with Gasteiger partial charge in [0.25, 0.3) is 11.7 Å². The van der Waals surface area contributed by atoms with Crippen LogP contribution < -0.4 is 0 Å². The molecular formula is C7H3ClF3NO. The van der Waals surface area contributed by atoms with Crippen molar-refractivity contribution in [2.75, 3.05) is 0 Å². The summed E-state index contributed by atoms with van der Waals surface area (Å²) in [6.07, 6.45) is -3.02. The number of nitrogens with zero attached hydrogens (tertiary/aromatic N) is 1. The van der Waals surface area contributed by atoms with E-state index in [0.717, 1.165) is 12.1 Å². The molecule has 1 aromatic heterocycles. The van der Waals surface area contributed by atoms with Gasteiger partial charge in [-0.3, -0.25) is 4.79 Å². The summed E-state index contributed by atoms with van der Waals surface area (Å²) in [7, 11) is 0. The Bertz CT molecular complexity index is 343. The second-order valence-corrected chi connectivity index (χ2v) is 2.48. The van der Waals surface area contributed by atoms with E-state index in [4.69, 9.17) is 11.6 Å². The van der Waals surface area contributed by atoms with Crippen molar-refractivity contribution in [3.8, 4) is 0 Å². The molecule has 0 saturated heterocycles. The minimum absolute atomic E-state index is 0.474. The molecule has 1 heterocycles. The van der Waals surface area contributed by atoms with Crippen LogP contribution in [0.5, 0.6) is 0 Å². The Balaban J connectivity index is 3.26. The normalized spacial score (nSPS) is 10.5. The van der Waals surface area contributed by atoms with Crippen molar-refractivity contribution in [3.05, 3.63) is 29.3 Å². The van der Waals surface area contributed by atoms with Gasteiger partial charge in [-0.05, 0) is 23.7 Å². The van der Waals surface area contributed by atoms with E-state index in [2.05, 4.69) is 4.98 Å². The molecule has 70 valence electrons. The van der Waals surface area contributed by atoms with Gasteiger partial charge < -0.3 is 0 Å². The van der Waals surface area contributed by atoms with Crippen molar-refractivity contribution in [3.63, 3.8) is 0 Å². The van der Waals surface area contributed by atoms with Crippen LogP contribution in [0.15, 0.2) is 12.1 Å².